The number of rotatable bonds is 1. The normalized spacial score (nSPS) is 13.0. The minimum Gasteiger partial charge on any atom is -0.508 e. The number of hydrogen-bond donors (Lipinski definition) is 2. The van der Waals surface area contributed by atoms with Crippen LogP contribution in [0.25, 0.3) is 10.8 Å². The molecule has 15 heavy (non-hydrogen) atoms. The number of benzene rings is 2. The molecule has 0 amide bonds. The summed E-state index contributed by atoms with van der Waals surface area (Å²) in [6.45, 7) is 1.87. The second-order valence-electron chi connectivity index (χ2n) is 3.65. The number of fused-ring (bicyclic) bond motifs is 1. The van der Waals surface area contributed by atoms with Gasteiger partial charge in [-0.25, -0.2) is 0 Å². The molecule has 0 bridgehead atoms. The number of hydrogen-bond acceptors (Lipinski definition) is 2. The van der Waals surface area contributed by atoms with Gasteiger partial charge in [0, 0.05) is 16.1 Å². The van der Waals surface area contributed by atoms with Crippen molar-refractivity contribution in [2.75, 3.05) is 0 Å². The summed E-state index contributed by atoms with van der Waals surface area (Å²) in [6.07, 6.45) is 0. The first-order valence-electron chi connectivity index (χ1n) is 4.76. The summed E-state index contributed by atoms with van der Waals surface area (Å²) in [7, 11) is 0. The zero-order valence-electron chi connectivity index (χ0n) is 8.37. The van der Waals surface area contributed by atoms with E-state index in [4.69, 9.17) is 5.73 Å². The van der Waals surface area contributed by atoms with Crippen LogP contribution < -0.4 is 5.73 Å². The summed E-state index contributed by atoms with van der Waals surface area (Å²) < 4.78 is 1.02. The van der Waals surface area contributed by atoms with E-state index >= 15 is 0 Å². The van der Waals surface area contributed by atoms with E-state index in [9.17, 15) is 5.11 Å². The van der Waals surface area contributed by atoms with E-state index in [2.05, 4.69) is 15.9 Å². The van der Waals surface area contributed by atoms with Crippen LogP contribution in [0.4, 0.5) is 0 Å². The van der Waals surface area contributed by atoms with Gasteiger partial charge in [0.2, 0.25) is 0 Å². The molecule has 3 N–H and O–H groups in total. The van der Waals surface area contributed by atoms with E-state index < -0.39 is 0 Å². The quantitative estimate of drug-likeness (QED) is 0.831. The Kier molecular flexibility index (Phi) is 2.67. The first kappa shape index (κ1) is 10.5. The molecule has 2 rings (SSSR count). The molecule has 0 aliphatic carbocycles. The van der Waals surface area contributed by atoms with E-state index in [1.54, 1.807) is 6.07 Å². The molecule has 2 aromatic rings. The summed E-state index contributed by atoms with van der Waals surface area (Å²) in [6, 6.07) is 9.34. The van der Waals surface area contributed by atoms with E-state index in [1.165, 1.54) is 0 Å². The monoisotopic (exact) mass is 265 g/mol. The smallest absolute Gasteiger partial charge is 0.120 e. The lowest BCUT2D eigenvalue weighted by Crippen LogP contribution is -2.05. The molecular weight excluding hydrogens is 254 g/mol. The molecule has 0 spiro atoms. The Balaban J connectivity index is 2.82. The highest BCUT2D eigenvalue weighted by Crippen LogP contribution is 2.32. The third-order valence-electron chi connectivity index (χ3n) is 2.46. The number of aromatic hydroxyl groups is 1. The molecule has 1 unspecified atom stereocenters. The Morgan fingerprint density at radius 3 is 2.67 bits per heavy atom. The highest BCUT2D eigenvalue weighted by Gasteiger charge is 2.10. The van der Waals surface area contributed by atoms with Crippen LogP contribution in [0.5, 0.6) is 5.75 Å². The zero-order valence-corrected chi connectivity index (χ0v) is 9.95. The standard InChI is InChI=1S/C12H12BrNO/c1-7(14)12-10-4-3-9(13)6-8(10)2-5-11(12)15/h2-7,15H,14H2,1H3. The van der Waals surface area contributed by atoms with Gasteiger partial charge in [-0.2, -0.15) is 0 Å². The Morgan fingerprint density at radius 1 is 1.27 bits per heavy atom. The van der Waals surface area contributed by atoms with Crippen LogP contribution in [0, 0.1) is 0 Å². The van der Waals surface area contributed by atoms with E-state index in [0.29, 0.717) is 0 Å². The van der Waals surface area contributed by atoms with Gasteiger partial charge in [-0.15, -0.1) is 0 Å². The van der Waals surface area contributed by atoms with Crippen LogP contribution in [0.2, 0.25) is 0 Å². The van der Waals surface area contributed by atoms with Crippen molar-refractivity contribution in [3.63, 3.8) is 0 Å². The van der Waals surface area contributed by atoms with Crippen molar-refractivity contribution >= 4 is 26.7 Å². The molecule has 1 atom stereocenters. The first-order valence-corrected chi connectivity index (χ1v) is 5.55. The molecule has 0 aliphatic heterocycles. The molecule has 0 aromatic heterocycles. The molecular formula is C12H12BrNO. The van der Waals surface area contributed by atoms with Crippen molar-refractivity contribution in [1.82, 2.24) is 0 Å². The minimum absolute atomic E-state index is 0.171. The summed E-state index contributed by atoms with van der Waals surface area (Å²) >= 11 is 3.42. The molecule has 0 aliphatic rings. The van der Waals surface area contributed by atoms with Gasteiger partial charge in [-0.1, -0.05) is 28.1 Å². The van der Waals surface area contributed by atoms with Crippen LogP contribution >= 0.6 is 15.9 Å². The molecule has 2 nitrogen and oxygen atoms in total. The fraction of sp³-hybridized carbons (Fsp3) is 0.167. The maximum atomic E-state index is 9.76. The van der Waals surface area contributed by atoms with Crippen LogP contribution in [0.1, 0.15) is 18.5 Å². The molecule has 0 radical (unpaired) electrons. The zero-order chi connectivity index (χ0) is 11.0. The predicted molar refractivity (Wildman–Crippen MR) is 65.9 cm³/mol. The number of phenolic OH excluding ortho intramolecular Hbond substituents is 1. The van der Waals surface area contributed by atoms with Crippen molar-refractivity contribution in [2.24, 2.45) is 5.73 Å². The minimum atomic E-state index is -0.171. The summed E-state index contributed by atoms with van der Waals surface area (Å²) in [5, 5.41) is 11.8. The van der Waals surface area contributed by atoms with Crippen molar-refractivity contribution in [1.29, 1.82) is 0 Å². The molecule has 2 aromatic carbocycles. The molecule has 3 heteroatoms. The van der Waals surface area contributed by atoms with Gasteiger partial charge in [0.15, 0.2) is 0 Å². The van der Waals surface area contributed by atoms with Gasteiger partial charge in [0.1, 0.15) is 5.75 Å². The van der Waals surface area contributed by atoms with Gasteiger partial charge in [0.05, 0.1) is 0 Å². The highest BCUT2D eigenvalue weighted by molar-refractivity contribution is 9.10. The van der Waals surface area contributed by atoms with Crippen molar-refractivity contribution in [3.8, 4) is 5.75 Å². The number of nitrogens with two attached hydrogens (primary N) is 1. The SMILES string of the molecule is CC(N)c1c(O)ccc2cc(Br)ccc12. The number of phenols is 1. The fourth-order valence-electron chi connectivity index (χ4n) is 1.79. The van der Waals surface area contributed by atoms with Crippen LogP contribution in [0.3, 0.4) is 0 Å². The number of halogens is 1. The summed E-state index contributed by atoms with van der Waals surface area (Å²) in [5.41, 5.74) is 6.65. The second-order valence-corrected chi connectivity index (χ2v) is 4.57. The van der Waals surface area contributed by atoms with Gasteiger partial charge in [-0.05, 0) is 35.9 Å². The van der Waals surface area contributed by atoms with E-state index in [-0.39, 0.29) is 11.8 Å². The second kappa shape index (κ2) is 3.83. The maximum Gasteiger partial charge on any atom is 0.120 e. The van der Waals surface area contributed by atoms with Crippen LogP contribution in [-0.4, -0.2) is 5.11 Å². The first-order chi connectivity index (χ1) is 7.09. The molecule has 0 saturated carbocycles. The Hall–Kier alpha value is -1.06. The van der Waals surface area contributed by atoms with Gasteiger partial charge >= 0.3 is 0 Å². The van der Waals surface area contributed by atoms with Gasteiger partial charge in [-0.3, -0.25) is 0 Å². The third kappa shape index (κ3) is 1.85. The molecule has 0 saturated heterocycles. The lowest BCUT2D eigenvalue weighted by Gasteiger charge is -2.12. The van der Waals surface area contributed by atoms with Crippen molar-refractivity contribution in [3.05, 3.63) is 40.4 Å². The molecule has 78 valence electrons. The largest absolute Gasteiger partial charge is 0.508 e. The summed E-state index contributed by atoms with van der Waals surface area (Å²) in [5.74, 6) is 0.264. The van der Waals surface area contributed by atoms with Gasteiger partial charge in [0.25, 0.3) is 0 Å². The molecule has 0 heterocycles. The van der Waals surface area contributed by atoms with Crippen LogP contribution in [-0.2, 0) is 0 Å². The Morgan fingerprint density at radius 2 is 2.00 bits per heavy atom. The summed E-state index contributed by atoms with van der Waals surface area (Å²) in [4.78, 5) is 0. The van der Waals surface area contributed by atoms with Gasteiger partial charge < -0.3 is 10.8 Å². The van der Waals surface area contributed by atoms with Crippen molar-refractivity contribution in [2.45, 2.75) is 13.0 Å². The molecule has 0 fully saturated rings. The fourth-order valence-corrected chi connectivity index (χ4v) is 2.17. The predicted octanol–water partition coefficient (Wildman–Crippen LogP) is 3.33. The Labute approximate surface area is 96.8 Å². The highest BCUT2D eigenvalue weighted by atomic mass is 79.9. The lowest BCUT2D eigenvalue weighted by atomic mass is 9.99. The Bertz CT molecular complexity index is 508. The maximum absolute atomic E-state index is 9.76. The lowest BCUT2D eigenvalue weighted by molar-refractivity contribution is 0.465. The third-order valence-corrected chi connectivity index (χ3v) is 2.95. The van der Waals surface area contributed by atoms with E-state index in [0.717, 1.165) is 20.8 Å². The average molecular weight is 266 g/mol. The average Bonchev–Trinajstić information content (AvgIpc) is 2.17. The van der Waals surface area contributed by atoms with Crippen molar-refractivity contribution < 1.29 is 5.11 Å². The topological polar surface area (TPSA) is 46.2 Å². The van der Waals surface area contributed by atoms with Crippen LogP contribution in [0.15, 0.2) is 34.8 Å². The van der Waals surface area contributed by atoms with E-state index in [1.807, 2.05) is 31.2 Å².